The summed E-state index contributed by atoms with van der Waals surface area (Å²) < 4.78 is 5.31. The van der Waals surface area contributed by atoms with Crippen molar-refractivity contribution < 1.29 is 4.52 Å². The number of hydrogen-bond acceptors (Lipinski definition) is 5. The molecule has 1 aliphatic heterocycles. The Morgan fingerprint density at radius 2 is 2.22 bits per heavy atom. The van der Waals surface area contributed by atoms with Gasteiger partial charge in [-0.3, -0.25) is 9.98 Å². The first-order valence-corrected chi connectivity index (χ1v) is 9.55. The molecule has 4 rings (SSSR count). The molecule has 2 aromatic heterocycles. The molecule has 0 bridgehead atoms. The summed E-state index contributed by atoms with van der Waals surface area (Å²) in [7, 11) is 0. The van der Waals surface area contributed by atoms with Gasteiger partial charge in [-0.2, -0.15) is 4.98 Å². The van der Waals surface area contributed by atoms with Crippen LogP contribution in [0.3, 0.4) is 0 Å². The van der Waals surface area contributed by atoms with Crippen molar-refractivity contribution in [2.75, 3.05) is 26.2 Å². The maximum absolute atomic E-state index is 5.31. The molecule has 27 heavy (non-hydrogen) atoms. The van der Waals surface area contributed by atoms with Crippen LogP contribution in [-0.2, 0) is 6.42 Å². The fourth-order valence-corrected chi connectivity index (χ4v) is 3.84. The maximum Gasteiger partial charge on any atom is 0.276 e. The zero-order valence-electron chi connectivity index (χ0n) is 15.7. The van der Waals surface area contributed by atoms with E-state index >= 15 is 0 Å². The number of nitrogens with zero attached hydrogens (tertiary/aromatic N) is 5. The number of aliphatic imine (C=N–C) groups is 1. The molecule has 1 saturated carbocycles. The van der Waals surface area contributed by atoms with Gasteiger partial charge < -0.3 is 14.7 Å². The molecule has 7 nitrogen and oxygen atoms in total. The van der Waals surface area contributed by atoms with Gasteiger partial charge in [0.15, 0.2) is 11.8 Å². The minimum absolute atomic E-state index is 0. The Labute approximate surface area is 177 Å². The molecular weight excluding hydrogens is 455 g/mol. The summed E-state index contributed by atoms with van der Waals surface area (Å²) >= 11 is 0. The normalized spacial score (nSPS) is 18.3. The van der Waals surface area contributed by atoms with Crippen LogP contribution in [0.25, 0.3) is 11.6 Å². The highest BCUT2D eigenvalue weighted by molar-refractivity contribution is 14.0. The number of halogens is 1. The third kappa shape index (κ3) is 4.59. The quantitative estimate of drug-likeness (QED) is 0.401. The standard InChI is InChI=1S/C19H26N6O.HI/c1-2-20-18(25-13-10-19(14-25)8-5-9-19)22-12-7-16-23-17(26-24-16)15-6-3-4-11-21-15;/h3-4,6,11H,2,5,7-10,12-14H2,1H3,(H,20,22);1H. The van der Waals surface area contributed by atoms with Crippen LogP contribution in [-0.4, -0.2) is 52.2 Å². The van der Waals surface area contributed by atoms with Gasteiger partial charge in [0.1, 0.15) is 5.69 Å². The summed E-state index contributed by atoms with van der Waals surface area (Å²) in [6.07, 6.45) is 7.82. The predicted octanol–water partition coefficient (Wildman–Crippen LogP) is 3.13. The van der Waals surface area contributed by atoms with Crippen LogP contribution < -0.4 is 5.32 Å². The van der Waals surface area contributed by atoms with Gasteiger partial charge >= 0.3 is 0 Å². The van der Waals surface area contributed by atoms with Gasteiger partial charge in [-0.25, -0.2) is 0 Å². The van der Waals surface area contributed by atoms with Crippen LogP contribution in [0.4, 0.5) is 0 Å². The lowest BCUT2D eigenvalue weighted by Gasteiger charge is -2.38. The molecule has 0 amide bonds. The molecule has 0 aromatic carbocycles. The van der Waals surface area contributed by atoms with E-state index in [0.29, 0.717) is 35.8 Å². The average molecular weight is 482 g/mol. The number of hydrogen-bond donors (Lipinski definition) is 1. The van der Waals surface area contributed by atoms with E-state index in [9.17, 15) is 0 Å². The van der Waals surface area contributed by atoms with E-state index in [-0.39, 0.29) is 24.0 Å². The molecule has 1 aliphatic carbocycles. The SMILES string of the molecule is CCNC(=NCCc1noc(-c2ccccn2)n1)N1CCC2(CCC2)C1.I. The second kappa shape index (κ2) is 8.99. The van der Waals surface area contributed by atoms with Crippen molar-refractivity contribution in [1.82, 2.24) is 25.3 Å². The van der Waals surface area contributed by atoms with Crippen molar-refractivity contribution >= 4 is 29.9 Å². The Hall–Kier alpha value is -1.71. The monoisotopic (exact) mass is 482 g/mol. The van der Waals surface area contributed by atoms with E-state index in [0.717, 1.165) is 25.6 Å². The highest BCUT2D eigenvalue weighted by Crippen LogP contribution is 2.47. The molecular formula is C19H27IN6O. The molecule has 2 fully saturated rings. The van der Waals surface area contributed by atoms with Gasteiger partial charge in [-0.15, -0.1) is 24.0 Å². The van der Waals surface area contributed by atoms with E-state index in [1.807, 2.05) is 18.2 Å². The van der Waals surface area contributed by atoms with E-state index in [1.54, 1.807) is 6.20 Å². The summed E-state index contributed by atoms with van der Waals surface area (Å²) in [6.45, 7) is 5.90. The number of guanidine groups is 1. The van der Waals surface area contributed by atoms with Crippen molar-refractivity contribution in [3.8, 4) is 11.6 Å². The molecule has 1 spiro atoms. The van der Waals surface area contributed by atoms with E-state index < -0.39 is 0 Å². The van der Waals surface area contributed by atoms with Gasteiger partial charge in [-0.1, -0.05) is 17.6 Å². The summed E-state index contributed by atoms with van der Waals surface area (Å²) in [5.41, 5.74) is 1.27. The molecule has 2 aliphatic rings. The Morgan fingerprint density at radius 1 is 1.33 bits per heavy atom. The second-order valence-corrected chi connectivity index (χ2v) is 7.24. The van der Waals surface area contributed by atoms with Crippen molar-refractivity contribution in [3.05, 3.63) is 30.2 Å². The minimum atomic E-state index is 0. The molecule has 2 aromatic rings. The fourth-order valence-electron chi connectivity index (χ4n) is 3.84. The minimum Gasteiger partial charge on any atom is -0.357 e. The van der Waals surface area contributed by atoms with Crippen LogP contribution >= 0.6 is 24.0 Å². The van der Waals surface area contributed by atoms with Gasteiger partial charge in [0.05, 0.1) is 0 Å². The lowest BCUT2D eigenvalue weighted by molar-refractivity contribution is 0.151. The van der Waals surface area contributed by atoms with E-state index in [4.69, 9.17) is 9.52 Å². The van der Waals surface area contributed by atoms with Crippen molar-refractivity contribution in [2.45, 2.75) is 39.0 Å². The predicted molar refractivity (Wildman–Crippen MR) is 115 cm³/mol. The summed E-state index contributed by atoms with van der Waals surface area (Å²) in [5.74, 6) is 2.15. The Bertz CT molecular complexity index is 759. The van der Waals surface area contributed by atoms with Gasteiger partial charge in [0.25, 0.3) is 5.89 Å². The van der Waals surface area contributed by atoms with Crippen molar-refractivity contribution in [1.29, 1.82) is 0 Å². The molecule has 0 radical (unpaired) electrons. The number of aromatic nitrogens is 3. The Morgan fingerprint density at radius 3 is 2.89 bits per heavy atom. The topological polar surface area (TPSA) is 79.4 Å². The molecule has 1 N–H and O–H groups in total. The molecule has 146 valence electrons. The first kappa shape index (κ1) is 20.0. The number of rotatable bonds is 5. The van der Waals surface area contributed by atoms with Crippen LogP contribution in [0, 0.1) is 5.41 Å². The zero-order valence-corrected chi connectivity index (χ0v) is 18.1. The molecule has 3 heterocycles. The van der Waals surface area contributed by atoms with Gasteiger partial charge in [-0.05, 0) is 43.7 Å². The first-order chi connectivity index (χ1) is 12.8. The second-order valence-electron chi connectivity index (χ2n) is 7.24. The molecule has 8 heteroatoms. The third-order valence-corrected chi connectivity index (χ3v) is 5.44. The Kier molecular flexibility index (Phi) is 6.67. The zero-order chi connectivity index (χ0) is 17.8. The Balaban J connectivity index is 0.00000210. The molecule has 0 unspecified atom stereocenters. The summed E-state index contributed by atoms with van der Waals surface area (Å²) in [5, 5.41) is 7.48. The van der Waals surface area contributed by atoms with Crippen molar-refractivity contribution in [2.24, 2.45) is 10.4 Å². The molecule has 0 atom stereocenters. The highest BCUT2D eigenvalue weighted by Gasteiger charge is 2.43. The fraction of sp³-hybridized carbons (Fsp3) is 0.579. The summed E-state index contributed by atoms with van der Waals surface area (Å²) in [6, 6.07) is 5.64. The lowest BCUT2D eigenvalue weighted by atomic mass is 9.68. The van der Waals surface area contributed by atoms with Gasteiger partial charge in [0, 0.05) is 38.8 Å². The van der Waals surface area contributed by atoms with Crippen LogP contribution in [0.15, 0.2) is 33.9 Å². The van der Waals surface area contributed by atoms with Crippen molar-refractivity contribution in [3.63, 3.8) is 0 Å². The number of likely N-dealkylation sites (tertiary alicyclic amines) is 1. The molecule has 1 saturated heterocycles. The van der Waals surface area contributed by atoms with Crippen LogP contribution in [0.1, 0.15) is 38.4 Å². The lowest BCUT2D eigenvalue weighted by Crippen LogP contribution is -2.42. The first-order valence-electron chi connectivity index (χ1n) is 9.55. The smallest absolute Gasteiger partial charge is 0.276 e. The largest absolute Gasteiger partial charge is 0.357 e. The number of nitrogens with one attached hydrogen (secondary N) is 1. The average Bonchev–Trinajstić information content (AvgIpc) is 3.29. The third-order valence-electron chi connectivity index (χ3n) is 5.44. The number of pyridine rings is 1. The van der Waals surface area contributed by atoms with E-state index in [2.05, 4.69) is 32.3 Å². The van der Waals surface area contributed by atoms with Crippen LogP contribution in [0.2, 0.25) is 0 Å². The van der Waals surface area contributed by atoms with Gasteiger partial charge in [0.2, 0.25) is 0 Å². The van der Waals surface area contributed by atoms with E-state index in [1.165, 1.54) is 25.7 Å². The van der Waals surface area contributed by atoms with Crippen LogP contribution in [0.5, 0.6) is 0 Å². The maximum atomic E-state index is 5.31. The summed E-state index contributed by atoms with van der Waals surface area (Å²) in [4.78, 5) is 15.9. The highest BCUT2D eigenvalue weighted by atomic mass is 127.